The van der Waals surface area contributed by atoms with Gasteiger partial charge in [-0.2, -0.15) is 0 Å². The first-order valence-corrected chi connectivity index (χ1v) is 9.20. The van der Waals surface area contributed by atoms with Crippen molar-refractivity contribution < 1.29 is 27.5 Å². The van der Waals surface area contributed by atoms with Crippen LogP contribution >= 0.6 is 22.9 Å². The first-order chi connectivity index (χ1) is 14.0. The number of hydrazone groups is 1. The second-order valence-electron chi connectivity index (χ2n) is 5.72. The Morgan fingerprint density at radius 1 is 1.27 bits per heavy atom. The predicted molar refractivity (Wildman–Crippen MR) is 102 cm³/mol. The molecule has 0 unspecified atom stereocenters. The highest BCUT2D eigenvalue weighted by Crippen LogP contribution is 2.38. The molecule has 1 aliphatic rings. The number of anilines is 1. The summed E-state index contributed by atoms with van der Waals surface area (Å²) in [6.45, 7) is 1.66. The van der Waals surface area contributed by atoms with Gasteiger partial charge in [-0.15, -0.1) is 35.1 Å². The number of nitrogens with one attached hydrogen (secondary N) is 4. The largest absolute Gasteiger partial charge is 0.573 e. The highest BCUT2D eigenvalue weighted by Gasteiger charge is 2.34. The number of rotatable bonds is 4. The molecule has 0 fully saturated rings. The summed E-state index contributed by atoms with van der Waals surface area (Å²) in [4.78, 5) is 29.0. The molecule has 2 amide bonds. The molecule has 30 heavy (non-hydrogen) atoms. The number of carbonyl (C=O) groups excluding carboxylic acids is 2. The van der Waals surface area contributed by atoms with Crippen molar-refractivity contribution in [1.82, 2.24) is 26.4 Å². The summed E-state index contributed by atoms with van der Waals surface area (Å²) in [5.74, 6) is -2.24. The van der Waals surface area contributed by atoms with Crippen LogP contribution in [0.3, 0.4) is 0 Å². The van der Waals surface area contributed by atoms with Crippen molar-refractivity contribution in [2.45, 2.75) is 13.3 Å². The van der Waals surface area contributed by atoms with E-state index in [0.29, 0.717) is 5.01 Å². The van der Waals surface area contributed by atoms with Gasteiger partial charge in [-0.3, -0.25) is 19.9 Å². The Morgan fingerprint density at radius 3 is 2.57 bits per heavy atom. The molecule has 0 spiro atoms. The highest BCUT2D eigenvalue weighted by molar-refractivity contribution is 7.13. The van der Waals surface area contributed by atoms with E-state index in [1.807, 2.05) is 0 Å². The maximum Gasteiger partial charge on any atom is 0.573 e. The molecule has 4 N–H and O–H groups in total. The topological polar surface area (TPSA) is 120 Å². The molecule has 1 aliphatic heterocycles. The van der Waals surface area contributed by atoms with Gasteiger partial charge in [-0.1, -0.05) is 11.6 Å². The molecule has 0 saturated heterocycles. The molecule has 3 rings (SSSR count). The van der Waals surface area contributed by atoms with E-state index in [-0.39, 0.29) is 16.4 Å². The van der Waals surface area contributed by atoms with Crippen molar-refractivity contribution in [3.8, 4) is 5.75 Å². The molecular weight excluding hydrogens is 451 g/mol. The van der Waals surface area contributed by atoms with Gasteiger partial charge in [0.25, 0.3) is 11.8 Å². The lowest BCUT2D eigenvalue weighted by molar-refractivity contribution is -0.274. The van der Waals surface area contributed by atoms with Crippen molar-refractivity contribution >= 4 is 46.4 Å². The third kappa shape index (κ3) is 4.90. The third-order valence-corrected chi connectivity index (χ3v) is 4.88. The molecule has 1 aromatic heterocycles. The van der Waals surface area contributed by atoms with E-state index in [1.165, 1.54) is 11.2 Å². The molecule has 0 bridgehead atoms. The molecule has 0 radical (unpaired) electrons. The maximum atomic E-state index is 12.8. The molecular formula is C15H13ClF3N7O3S. The number of aromatic nitrogens is 1. The molecule has 1 aromatic carbocycles. The average Bonchev–Trinajstić information content (AvgIpc) is 3.25. The van der Waals surface area contributed by atoms with Crippen LogP contribution in [0.5, 0.6) is 5.75 Å². The lowest BCUT2D eigenvalue weighted by Crippen LogP contribution is -2.45. The number of amides is 2. The van der Waals surface area contributed by atoms with E-state index >= 15 is 0 Å². The van der Waals surface area contributed by atoms with Crippen LogP contribution in [-0.2, 0) is 0 Å². The standard InChI is InChI=1S/C15H13ClF3N7O3S/c1-6-20-5-9(30-6)13(28)21-11-8(29-15(17,18)19)4-3-7(10(11)16)12(27)22-14-23-24-25-26(14)2/h3-5,24-25H,1-2H3,(H,21,28)(H,22,23,27). The normalized spacial score (nSPS) is 13.5. The van der Waals surface area contributed by atoms with E-state index in [4.69, 9.17) is 11.6 Å². The maximum absolute atomic E-state index is 12.8. The zero-order chi connectivity index (χ0) is 22.1. The van der Waals surface area contributed by atoms with Crippen molar-refractivity contribution in [2.24, 2.45) is 5.10 Å². The fraction of sp³-hybridized carbons (Fsp3) is 0.200. The SMILES string of the molecule is Cc1ncc(C(=O)Nc2c(OC(F)(F)F)ccc(C(=O)NC3=NNNN3C)c2Cl)s1. The van der Waals surface area contributed by atoms with Crippen LogP contribution < -0.4 is 26.4 Å². The number of carbonyl (C=O) groups is 2. The zero-order valence-electron chi connectivity index (χ0n) is 15.2. The Morgan fingerprint density at radius 2 is 2.00 bits per heavy atom. The van der Waals surface area contributed by atoms with Crippen molar-refractivity contribution in [2.75, 3.05) is 12.4 Å². The lowest BCUT2D eigenvalue weighted by atomic mass is 10.1. The van der Waals surface area contributed by atoms with Crippen molar-refractivity contribution in [3.63, 3.8) is 0 Å². The number of hydrazine groups is 2. The molecule has 15 heteroatoms. The Kier molecular flexibility index (Phi) is 6.00. The van der Waals surface area contributed by atoms with Crippen LogP contribution in [-0.4, -0.2) is 41.2 Å². The smallest absolute Gasteiger partial charge is 0.404 e. The van der Waals surface area contributed by atoms with Crippen LogP contribution in [0.2, 0.25) is 5.02 Å². The van der Waals surface area contributed by atoms with Gasteiger partial charge in [0.1, 0.15) is 10.6 Å². The minimum absolute atomic E-state index is 0.0809. The summed E-state index contributed by atoms with van der Waals surface area (Å²) in [6, 6.07) is 1.90. The van der Waals surface area contributed by atoms with Gasteiger partial charge < -0.3 is 10.1 Å². The first-order valence-electron chi connectivity index (χ1n) is 8.00. The van der Waals surface area contributed by atoms with E-state index in [9.17, 15) is 22.8 Å². The number of alkyl halides is 3. The summed E-state index contributed by atoms with van der Waals surface area (Å²) in [5.41, 5.74) is 4.22. The van der Waals surface area contributed by atoms with Crippen molar-refractivity contribution in [3.05, 3.63) is 38.8 Å². The number of ether oxygens (including phenoxy) is 1. The van der Waals surface area contributed by atoms with Gasteiger partial charge in [0.05, 0.1) is 21.8 Å². The minimum Gasteiger partial charge on any atom is -0.404 e. The van der Waals surface area contributed by atoms with Gasteiger partial charge >= 0.3 is 6.36 Å². The predicted octanol–water partition coefficient (Wildman–Crippen LogP) is 2.21. The second-order valence-corrected chi connectivity index (χ2v) is 7.33. The highest BCUT2D eigenvalue weighted by atomic mass is 35.5. The van der Waals surface area contributed by atoms with E-state index in [1.54, 1.807) is 14.0 Å². The van der Waals surface area contributed by atoms with Gasteiger partial charge in [-0.25, -0.2) is 10.5 Å². The van der Waals surface area contributed by atoms with Gasteiger partial charge in [-0.05, 0) is 19.1 Å². The number of aryl methyl sites for hydroxylation is 1. The minimum atomic E-state index is -5.05. The molecule has 160 valence electrons. The summed E-state index contributed by atoms with van der Waals surface area (Å²) in [7, 11) is 1.55. The number of guanidine groups is 1. The quantitative estimate of drug-likeness (QED) is 0.548. The summed E-state index contributed by atoms with van der Waals surface area (Å²) < 4.78 is 42.3. The fourth-order valence-corrected chi connectivity index (χ4v) is 3.22. The monoisotopic (exact) mass is 463 g/mol. The average molecular weight is 464 g/mol. The van der Waals surface area contributed by atoms with Gasteiger partial charge in [0.2, 0.25) is 5.96 Å². The molecule has 0 atom stereocenters. The van der Waals surface area contributed by atoms with Crippen LogP contribution in [0.4, 0.5) is 18.9 Å². The Hall–Kier alpha value is -3.10. The number of hydrogen-bond acceptors (Lipinski definition) is 9. The summed E-state index contributed by atoms with van der Waals surface area (Å²) in [5, 5.41) is 9.88. The Labute approximate surface area is 176 Å². The third-order valence-electron chi connectivity index (χ3n) is 3.58. The zero-order valence-corrected chi connectivity index (χ0v) is 16.8. The Bertz CT molecular complexity index is 1030. The fourth-order valence-electron chi connectivity index (χ4n) is 2.26. The summed E-state index contributed by atoms with van der Waals surface area (Å²) in [6.07, 6.45) is -3.79. The van der Waals surface area contributed by atoms with Crippen molar-refractivity contribution in [1.29, 1.82) is 0 Å². The van der Waals surface area contributed by atoms with E-state index < -0.39 is 34.6 Å². The number of halogens is 4. The number of benzene rings is 1. The van der Waals surface area contributed by atoms with Gasteiger partial charge in [0, 0.05) is 7.05 Å². The van der Waals surface area contributed by atoms with E-state index in [0.717, 1.165) is 23.5 Å². The first kappa shape index (κ1) is 21.6. The van der Waals surface area contributed by atoms with Crippen LogP contribution in [0.1, 0.15) is 25.0 Å². The van der Waals surface area contributed by atoms with Crippen LogP contribution in [0.15, 0.2) is 23.4 Å². The second kappa shape index (κ2) is 8.33. The Balaban J connectivity index is 1.94. The van der Waals surface area contributed by atoms with Crippen LogP contribution in [0, 0.1) is 6.92 Å². The molecule has 0 aliphatic carbocycles. The number of thiazole rings is 1. The molecule has 10 nitrogen and oxygen atoms in total. The van der Waals surface area contributed by atoms with Crippen LogP contribution in [0.25, 0.3) is 0 Å². The summed E-state index contributed by atoms with van der Waals surface area (Å²) >= 11 is 7.20. The number of hydrogen-bond donors (Lipinski definition) is 4. The van der Waals surface area contributed by atoms with E-state index in [2.05, 4.69) is 36.5 Å². The molecule has 0 saturated carbocycles. The number of nitrogens with zero attached hydrogens (tertiary/aromatic N) is 3. The molecule has 2 aromatic rings. The molecule has 2 heterocycles. The van der Waals surface area contributed by atoms with Gasteiger partial charge in [0.15, 0.2) is 5.75 Å². The lowest BCUT2D eigenvalue weighted by Gasteiger charge is -2.18.